The van der Waals surface area contributed by atoms with Crippen molar-refractivity contribution in [2.75, 3.05) is 0 Å². The number of hydrogen-bond acceptors (Lipinski definition) is 2. The van der Waals surface area contributed by atoms with Crippen LogP contribution in [0.25, 0.3) is 11.3 Å². The van der Waals surface area contributed by atoms with Gasteiger partial charge >= 0.3 is 0 Å². The Hall–Kier alpha value is -1.90. The highest BCUT2D eigenvalue weighted by Gasteiger charge is 2.35. The lowest BCUT2D eigenvalue weighted by molar-refractivity contribution is 0.0912. The summed E-state index contributed by atoms with van der Waals surface area (Å²) >= 11 is 0. The zero-order valence-electron chi connectivity index (χ0n) is 11.6. The summed E-state index contributed by atoms with van der Waals surface area (Å²) in [6.45, 7) is 4.26. The van der Waals surface area contributed by atoms with Crippen molar-refractivity contribution in [3.8, 4) is 11.3 Å². The van der Waals surface area contributed by atoms with Crippen molar-refractivity contribution in [3.05, 3.63) is 41.6 Å². The van der Waals surface area contributed by atoms with Crippen molar-refractivity contribution < 1.29 is 4.79 Å². The van der Waals surface area contributed by atoms with E-state index in [1.165, 1.54) is 0 Å². The van der Waals surface area contributed by atoms with Crippen LogP contribution >= 0.6 is 0 Å². The minimum absolute atomic E-state index is 0.0202. The van der Waals surface area contributed by atoms with Gasteiger partial charge in [-0.1, -0.05) is 44.2 Å². The van der Waals surface area contributed by atoms with Crippen LogP contribution in [0.4, 0.5) is 0 Å². The van der Waals surface area contributed by atoms with Crippen LogP contribution in [0.15, 0.2) is 30.3 Å². The summed E-state index contributed by atoms with van der Waals surface area (Å²) in [7, 11) is 1.92. The highest BCUT2D eigenvalue weighted by molar-refractivity contribution is 6.04. The van der Waals surface area contributed by atoms with Crippen LogP contribution in [-0.4, -0.2) is 15.6 Å². The highest BCUT2D eigenvalue weighted by atomic mass is 16.1. The summed E-state index contributed by atoms with van der Waals surface area (Å²) in [5, 5.41) is 4.57. The van der Waals surface area contributed by atoms with E-state index in [0.717, 1.165) is 28.9 Å². The summed E-state index contributed by atoms with van der Waals surface area (Å²) in [4.78, 5) is 12.5. The number of rotatable bonds is 1. The molecule has 1 heterocycles. The van der Waals surface area contributed by atoms with E-state index < -0.39 is 0 Å². The third-order valence-electron chi connectivity index (χ3n) is 3.73. The van der Waals surface area contributed by atoms with Crippen LogP contribution in [0.1, 0.15) is 36.3 Å². The monoisotopic (exact) mass is 254 g/mol. The lowest BCUT2D eigenvalue weighted by Crippen LogP contribution is -2.26. The number of fused-ring (bicyclic) bond motifs is 1. The molecule has 3 heteroatoms. The lowest BCUT2D eigenvalue weighted by atomic mass is 9.75. The number of carbonyl (C=O) groups is 1. The largest absolute Gasteiger partial charge is 0.294 e. The Bertz CT molecular complexity index is 638. The number of carbonyl (C=O) groups excluding carboxylic acids is 1. The predicted octanol–water partition coefficient (Wildman–Crippen LogP) is 3.24. The van der Waals surface area contributed by atoms with Gasteiger partial charge in [-0.3, -0.25) is 9.48 Å². The van der Waals surface area contributed by atoms with Gasteiger partial charge in [-0.25, -0.2) is 0 Å². The molecule has 0 bridgehead atoms. The normalized spacial score (nSPS) is 17.3. The molecule has 0 radical (unpaired) electrons. The molecule has 0 saturated carbocycles. The average Bonchev–Trinajstić information content (AvgIpc) is 2.65. The second-order valence-corrected chi connectivity index (χ2v) is 6.10. The molecule has 1 aromatic carbocycles. The van der Waals surface area contributed by atoms with E-state index in [9.17, 15) is 4.79 Å². The van der Waals surface area contributed by atoms with E-state index in [1.54, 1.807) is 0 Å². The van der Waals surface area contributed by atoms with E-state index in [2.05, 4.69) is 18.9 Å². The minimum atomic E-state index is 0.0202. The predicted molar refractivity (Wildman–Crippen MR) is 75.1 cm³/mol. The van der Waals surface area contributed by atoms with Crippen LogP contribution in [0.5, 0.6) is 0 Å². The van der Waals surface area contributed by atoms with Crippen molar-refractivity contribution in [2.45, 2.75) is 26.7 Å². The summed E-state index contributed by atoms with van der Waals surface area (Å²) in [5.41, 5.74) is 3.81. The smallest absolute Gasteiger partial charge is 0.167 e. The first-order chi connectivity index (χ1) is 8.98. The van der Waals surface area contributed by atoms with Crippen LogP contribution in [0.3, 0.4) is 0 Å². The van der Waals surface area contributed by atoms with Gasteiger partial charge in [-0.05, 0) is 11.8 Å². The number of Topliss-reactive ketones (excluding diaryl/α,β-unsaturated/α-hetero) is 1. The summed E-state index contributed by atoms with van der Waals surface area (Å²) < 4.78 is 1.85. The fourth-order valence-electron chi connectivity index (χ4n) is 2.96. The molecule has 1 aliphatic rings. The molecule has 0 unspecified atom stereocenters. The molecule has 0 N–H and O–H groups in total. The van der Waals surface area contributed by atoms with Gasteiger partial charge in [0.1, 0.15) is 0 Å². The maximum absolute atomic E-state index is 12.5. The van der Waals surface area contributed by atoms with Gasteiger partial charge in [0.05, 0.1) is 17.0 Å². The first kappa shape index (κ1) is 12.2. The van der Waals surface area contributed by atoms with Crippen molar-refractivity contribution in [3.63, 3.8) is 0 Å². The topological polar surface area (TPSA) is 34.9 Å². The third kappa shape index (κ3) is 1.99. The van der Waals surface area contributed by atoms with E-state index >= 15 is 0 Å². The van der Waals surface area contributed by atoms with E-state index in [1.807, 2.05) is 42.1 Å². The quantitative estimate of drug-likeness (QED) is 0.783. The van der Waals surface area contributed by atoms with Gasteiger partial charge < -0.3 is 0 Å². The van der Waals surface area contributed by atoms with E-state index in [4.69, 9.17) is 0 Å². The lowest BCUT2D eigenvalue weighted by Gasteiger charge is -2.27. The first-order valence-corrected chi connectivity index (χ1v) is 6.62. The highest BCUT2D eigenvalue weighted by Crippen LogP contribution is 2.38. The molecule has 3 rings (SSSR count). The SMILES string of the molecule is Cn1nc2c(c1-c1ccccc1)C(=O)CC(C)(C)C2. The van der Waals surface area contributed by atoms with Crippen molar-refractivity contribution in [1.82, 2.24) is 9.78 Å². The van der Waals surface area contributed by atoms with Crippen LogP contribution in [-0.2, 0) is 13.5 Å². The molecule has 3 nitrogen and oxygen atoms in total. The molecule has 0 spiro atoms. The van der Waals surface area contributed by atoms with Crippen LogP contribution in [0.2, 0.25) is 0 Å². The Morgan fingerprint density at radius 2 is 1.84 bits per heavy atom. The summed E-state index contributed by atoms with van der Waals surface area (Å²) in [5.74, 6) is 0.221. The number of aryl methyl sites for hydroxylation is 1. The first-order valence-electron chi connectivity index (χ1n) is 6.62. The second kappa shape index (κ2) is 4.05. The van der Waals surface area contributed by atoms with Gasteiger partial charge in [0.25, 0.3) is 0 Å². The molecule has 0 atom stereocenters. The second-order valence-electron chi connectivity index (χ2n) is 6.10. The van der Waals surface area contributed by atoms with E-state index in [-0.39, 0.29) is 11.2 Å². The Labute approximate surface area is 113 Å². The molecule has 0 aliphatic heterocycles. The molecule has 0 amide bonds. The van der Waals surface area contributed by atoms with Crippen LogP contribution in [0, 0.1) is 5.41 Å². The Morgan fingerprint density at radius 1 is 1.16 bits per heavy atom. The number of hydrogen-bond donors (Lipinski definition) is 0. The van der Waals surface area contributed by atoms with Gasteiger partial charge in [-0.2, -0.15) is 5.10 Å². The Balaban J connectivity index is 2.20. The Kier molecular flexibility index (Phi) is 2.59. The zero-order valence-corrected chi connectivity index (χ0v) is 11.6. The number of nitrogens with zero attached hydrogens (tertiary/aromatic N) is 2. The molecule has 2 aromatic rings. The molecule has 1 aromatic heterocycles. The molecular formula is C16H18N2O. The van der Waals surface area contributed by atoms with Crippen molar-refractivity contribution in [1.29, 1.82) is 0 Å². The number of benzene rings is 1. The molecular weight excluding hydrogens is 236 g/mol. The summed E-state index contributed by atoms with van der Waals surface area (Å²) in [6.07, 6.45) is 1.47. The van der Waals surface area contributed by atoms with Gasteiger partial charge in [0.2, 0.25) is 0 Å². The molecule has 1 aliphatic carbocycles. The third-order valence-corrected chi connectivity index (χ3v) is 3.73. The Morgan fingerprint density at radius 3 is 2.53 bits per heavy atom. The number of ketones is 1. The van der Waals surface area contributed by atoms with Crippen molar-refractivity contribution in [2.24, 2.45) is 12.5 Å². The van der Waals surface area contributed by atoms with Gasteiger partial charge in [0, 0.05) is 19.0 Å². The minimum Gasteiger partial charge on any atom is -0.294 e. The molecule has 0 saturated heterocycles. The van der Waals surface area contributed by atoms with E-state index in [0.29, 0.717) is 6.42 Å². The molecule has 98 valence electrons. The van der Waals surface area contributed by atoms with Crippen molar-refractivity contribution >= 4 is 5.78 Å². The fourth-order valence-corrected chi connectivity index (χ4v) is 2.96. The fraction of sp³-hybridized carbons (Fsp3) is 0.375. The van der Waals surface area contributed by atoms with Gasteiger partial charge in [-0.15, -0.1) is 0 Å². The number of aromatic nitrogens is 2. The zero-order chi connectivity index (χ0) is 13.6. The molecule has 19 heavy (non-hydrogen) atoms. The van der Waals surface area contributed by atoms with Gasteiger partial charge in [0.15, 0.2) is 5.78 Å². The maximum Gasteiger partial charge on any atom is 0.167 e. The maximum atomic E-state index is 12.5. The summed E-state index contributed by atoms with van der Waals surface area (Å²) in [6, 6.07) is 10.0. The standard InChI is InChI=1S/C16H18N2O/c1-16(2)9-12-14(13(19)10-16)15(18(3)17-12)11-7-5-4-6-8-11/h4-8H,9-10H2,1-3H3. The average molecular weight is 254 g/mol. The molecule has 0 fully saturated rings. The van der Waals surface area contributed by atoms with Crippen LogP contribution < -0.4 is 0 Å².